The third-order valence-corrected chi connectivity index (χ3v) is 4.71. The van der Waals surface area contributed by atoms with Gasteiger partial charge in [-0.25, -0.2) is 0 Å². The second kappa shape index (κ2) is 6.74. The van der Waals surface area contributed by atoms with Crippen LogP contribution in [-0.2, 0) is 0 Å². The summed E-state index contributed by atoms with van der Waals surface area (Å²) in [4.78, 5) is 16.8. The molecule has 1 amide bonds. The SMILES string of the molecule is COc1ccc(C(=O)N([O-])c2c(Cl)cncc2Cl)c2c1oc1ccccc12. The van der Waals surface area contributed by atoms with Gasteiger partial charge >= 0.3 is 0 Å². The predicted molar refractivity (Wildman–Crippen MR) is 105 cm³/mol. The maximum absolute atomic E-state index is 13.0. The van der Waals surface area contributed by atoms with Crippen molar-refractivity contribution in [1.82, 2.24) is 4.98 Å². The first-order chi connectivity index (χ1) is 13.0. The fraction of sp³-hybridized carbons (Fsp3) is 0.0526. The van der Waals surface area contributed by atoms with Gasteiger partial charge in [0, 0.05) is 23.2 Å². The van der Waals surface area contributed by atoms with Crippen LogP contribution in [0.4, 0.5) is 5.69 Å². The summed E-state index contributed by atoms with van der Waals surface area (Å²) in [6, 6.07) is 10.3. The highest BCUT2D eigenvalue weighted by Gasteiger charge is 2.22. The molecule has 136 valence electrons. The number of anilines is 1. The van der Waals surface area contributed by atoms with Gasteiger partial charge < -0.3 is 19.4 Å². The molecule has 0 fully saturated rings. The van der Waals surface area contributed by atoms with Crippen molar-refractivity contribution in [1.29, 1.82) is 0 Å². The van der Waals surface area contributed by atoms with Crippen LogP contribution in [0, 0.1) is 5.21 Å². The highest BCUT2D eigenvalue weighted by Crippen LogP contribution is 2.39. The molecule has 0 spiro atoms. The third-order valence-electron chi connectivity index (χ3n) is 4.16. The van der Waals surface area contributed by atoms with Crippen molar-refractivity contribution in [3.63, 3.8) is 0 Å². The third kappa shape index (κ3) is 2.78. The first-order valence-electron chi connectivity index (χ1n) is 7.81. The zero-order chi connectivity index (χ0) is 19.1. The van der Waals surface area contributed by atoms with Crippen LogP contribution >= 0.6 is 23.2 Å². The van der Waals surface area contributed by atoms with E-state index in [1.807, 2.05) is 12.1 Å². The van der Waals surface area contributed by atoms with Crippen LogP contribution < -0.4 is 9.80 Å². The van der Waals surface area contributed by atoms with Gasteiger partial charge in [-0.15, -0.1) is 0 Å². The van der Waals surface area contributed by atoms with Gasteiger partial charge in [-0.05, 0) is 18.2 Å². The molecule has 0 bridgehead atoms. The molecule has 4 aromatic rings. The summed E-state index contributed by atoms with van der Waals surface area (Å²) in [5.74, 6) is -0.376. The van der Waals surface area contributed by atoms with E-state index < -0.39 is 5.91 Å². The monoisotopic (exact) mass is 401 g/mol. The van der Waals surface area contributed by atoms with Crippen molar-refractivity contribution in [2.75, 3.05) is 12.2 Å². The molecule has 0 atom stereocenters. The molecule has 2 heterocycles. The van der Waals surface area contributed by atoms with E-state index in [4.69, 9.17) is 32.4 Å². The van der Waals surface area contributed by atoms with E-state index in [0.717, 1.165) is 0 Å². The molecule has 0 aliphatic heterocycles. The minimum Gasteiger partial charge on any atom is -0.751 e. The van der Waals surface area contributed by atoms with E-state index in [0.29, 0.717) is 27.7 Å². The number of hydrogen-bond donors (Lipinski definition) is 0. The Morgan fingerprint density at radius 3 is 2.56 bits per heavy atom. The topological polar surface area (TPSA) is 78.6 Å². The van der Waals surface area contributed by atoms with E-state index in [-0.39, 0.29) is 26.4 Å². The van der Waals surface area contributed by atoms with Crippen molar-refractivity contribution in [3.8, 4) is 5.75 Å². The lowest BCUT2D eigenvalue weighted by molar-refractivity contribution is 0.0999. The van der Waals surface area contributed by atoms with Crippen LogP contribution in [0.5, 0.6) is 5.75 Å². The lowest BCUT2D eigenvalue weighted by atomic mass is 10.0. The highest BCUT2D eigenvalue weighted by molar-refractivity contribution is 6.40. The predicted octanol–water partition coefficient (Wildman–Crippen LogP) is 5.44. The van der Waals surface area contributed by atoms with Crippen LogP contribution in [0.25, 0.3) is 21.9 Å². The number of fused-ring (bicyclic) bond motifs is 3. The van der Waals surface area contributed by atoms with Gasteiger partial charge in [0.15, 0.2) is 11.3 Å². The maximum atomic E-state index is 13.0. The number of pyridine rings is 1. The molecule has 6 nitrogen and oxygen atoms in total. The van der Waals surface area contributed by atoms with Crippen molar-refractivity contribution >= 4 is 56.7 Å². The number of halogens is 2. The Morgan fingerprint density at radius 2 is 1.85 bits per heavy atom. The first kappa shape index (κ1) is 17.6. The van der Waals surface area contributed by atoms with E-state index in [1.165, 1.54) is 25.6 Å². The molecule has 0 aliphatic rings. The molecule has 2 aromatic heterocycles. The van der Waals surface area contributed by atoms with Crippen molar-refractivity contribution in [2.24, 2.45) is 0 Å². The number of aromatic nitrogens is 1. The van der Waals surface area contributed by atoms with Gasteiger partial charge in [-0.1, -0.05) is 41.4 Å². The molecular formula is C19H11Cl2N2O4-. The summed E-state index contributed by atoms with van der Waals surface area (Å²) in [6.07, 6.45) is 2.50. The number of benzene rings is 2. The van der Waals surface area contributed by atoms with Crippen molar-refractivity contribution in [3.05, 3.63) is 69.6 Å². The number of methoxy groups -OCH3 is 1. The van der Waals surface area contributed by atoms with Gasteiger partial charge in [0.1, 0.15) is 5.58 Å². The Kier molecular flexibility index (Phi) is 4.39. The zero-order valence-corrected chi connectivity index (χ0v) is 15.4. The lowest BCUT2D eigenvalue weighted by Gasteiger charge is -2.30. The zero-order valence-electron chi connectivity index (χ0n) is 13.9. The first-order valence-corrected chi connectivity index (χ1v) is 8.57. The summed E-state index contributed by atoms with van der Waals surface area (Å²) in [6.45, 7) is 0. The van der Waals surface area contributed by atoms with Crippen molar-refractivity contribution in [2.45, 2.75) is 0 Å². The molecule has 0 radical (unpaired) electrons. The number of rotatable bonds is 3. The number of ether oxygens (including phenoxy) is 1. The summed E-state index contributed by atoms with van der Waals surface area (Å²) in [5, 5.41) is 14.0. The minimum absolute atomic E-state index is 0.0207. The van der Waals surface area contributed by atoms with Crippen molar-refractivity contribution < 1.29 is 13.9 Å². The van der Waals surface area contributed by atoms with Crippen LogP contribution in [-0.4, -0.2) is 18.0 Å². The molecular weight excluding hydrogens is 391 g/mol. The smallest absolute Gasteiger partial charge is 0.248 e. The molecule has 27 heavy (non-hydrogen) atoms. The Hall–Kier alpha value is -2.80. The quantitative estimate of drug-likeness (QED) is 0.427. The molecule has 2 aromatic carbocycles. The number of nitrogens with zero attached hydrogens (tertiary/aromatic N) is 2. The summed E-state index contributed by atoms with van der Waals surface area (Å²) < 4.78 is 11.2. The average molecular weight is 402 g/mol. The highest BCUT2D eigenvalue weighted by atomic mass is 35.5. The number of furan rings is 1. The van der Waals surface area contributed by atoms with Gasteiger partial charge in [0.2, 0.25) is 5.91 Å². The van der Waals surface area contributed by atoms with E-state index >= 15 is 0 Å². The number of hydroxylamine groups is 1. The molecule has 4 rings (SSSR count). The number of carbonyl (C=O) groups excluding carboxylic acids is 1. The number of hydrogen-bond acceptors (Lipinski definition) is 5. The Morgan fingerprint density at radius 1 is 1.15 bits per heavy atom. The Labute approximate surface area is 163 Å². The van der Waals surface area contributed by atoms with Gasteiger partial charge in [0.05, 0.1) is 28.4 Å². The number of carbonyl (C=O) groups is 1. The summed E-state index contributed by atoms with van der Waals surface area (Å²) >= 11 is 12.0. The fourth-order valence-corrected chi connectivity index (χ4v) is 3.47. The van der Waals surface area contributed by atoms with Crippen LogP contribution in [0.1, 0.15) is 10.4 Å². The van der Waals surface area contributed by atoms with Gasteiger partial charge in [-0.3, -0.25) is 9.78 Å². The van der Waals surface area contributed by atoms with Gasteiger partial charge in [-0.2, -0.15) is 0 Å². The van der Waals surface area contributed by atoms with Crippen LogP contribution in [0.15, 0.2) is 53.2 Å². The van der Waals surface area contributed by atoms with E-state index in [1.54, 1.807) is 18.2 Å². The molecule has 0 unspecified atom stereocenters. The second-order valence-corrected chi connectivity index (χ2v) is 6.48. The van der Waals surface area contributed by atoms with E-state index in [2.05, 4.69) is 4.98 Å². The Bertz CT molecular complexity index is 1170. The summed E-state index contributed by atoms with van der Waals surface area (Å²) in [5.41, 5.74) is 0.943. The normalized spacial score (nSPS) is 11.1. The molecule has 0 saturated carbocycles. The van der Waals surface area contributed by atoms with Crippen LogP contribution in [0.2, 0.25) is 10.0 Å². The second-order valence-electron chi connectivity index (χ2n) is 5.67. The van der Waals surface area contributed by atoms with Gasteiger partial charge in [0.25, 0.3) is 0 Å². The average Bonchev–Trinajstić information content (AvgIpc) is 3.06. The number of para-hydroxylation sites is 1. The minimum atomic E-state index is -0.829. The standard InChI is InChI=1S/C19H11Cl2N2O4/c1-26-15-7-6-11(16-10-4-2-3-5-14(10)27-18(15)16)19(24)23(25)17-12(20)8-22-9-13(17)21/h2-9H,1H3/q-1. The molecule has 0 aliphatic carbocycles. The van der Waals surface area contributed by atoms with E-state index in [9.17, 15) is 10.0 Å². The fourth-order valence-electron chi connectivity index (χ4n) is 2.95. The van der Waals surface area contributed by atoms with Crippen LogP contribution in [0.3, 0.4) is 0 Å². The lowest BCUT2D eigenvalue weighted by Crippen LogP contribution is -2.25. The summed E-state index contributed by atoms with van der Waals surface area (Å²) in [7, 11) is 1.50. The molecule has 8 heteroatoms. The maximum Gasteiger partial charge on any atom is 0.248 e. The largest absolute Gasteiger partial charge is 0.751 e. The molecule has 0 N–H and O–H groups in total. The Balaban J connectivity index is 1.95. The number of amides is 1. The molecule has 0 saturated heterocycles.